The Bertz CT molecular complexity index is 983. The molecule has 0 aliphatic carbocycles. The Morgan fingerprint density at radius 3 is 3.00 bits per heavy atom. The van der Waals surface area contributed by atoms with Gasteiger partial charge >= 0.3 is 0 Å². The average Bonchev–Trinajstić information content (AvgIpc) is 2.99. The molecule has 0 aliphatic rings. The number of terminal acetylenes is 1. The fourth-order valence-corrected chi connectivity index (χ4v) is 4.28. The number of fused-ring (bicyclic) bond motifs is 1. The van der Waals surface area contributed by atoms with Crippen LogP contribution in [0.2, 0.25) is 0 Å². The zero-order chi connectivity index (χ0) is 17.1. The highest BCUT2D eigenvalue weighted by Crippen LogP contribution is 2.38. The minimum Gasteiger partial charge on any atom is -0.497 e. The van der Waals surface area contributed by atoms with Crippen molar-refractivity contribution in [2.45, 2.75) is 18.5 Å². The highest BCUT2D eigenvalue weighted by atomic mass is 32.2. The van der Waals surface area contributed by atoms with Gasteiger partial charge in [0.05, 0.1) is 18.2 Å². The van der Waals surface area contributed by atoms with Gasteiger partial charge in [-0.25, -0.2) is 4.98 Å². The highest BCUT2D eigenvalue weighted by Gasteiger charge is 2.18. The van der Waals surface area contributed by atoms with Crippen LogP contribution in [0.25, 0.3) is 21.3 Å². The quantitative estimate of drug-likeness (QED) is 0.427. The molecule has 1 N–H and O–H groups in total. The van der Waals surface area contributed by atoms with Crippen LogP contribution in [0.5, 0.6) is 5.75 Å². The van der Waals surface area contributed by atoms with Crippen molar-refractivity contribution >= 4 is 33.3 Å². The van der Waals surface area contributed by atoms with E-state index >= 15 is 0 Å². The van der Waals surface area contributed by atoms with E-state index < -0.39 is 0 Å². The van der Waals surface area contributed by atoms with Gasteiger partial charge in [0.2, 0.25) is 0 Å². The summed E-state index contributed by atoms with van der Waals surface area (Å²) >= 11 is 2.91. The van der Waals surface area contributed by atoms with Crippen molar-refractivity contribution in [2.24, 2.45) is 0 Å². The molecule has 3 rings (SSSR count). The first kappa shape index (κ1) is 16.6. The summed E-state index contributed by atoms with van der Waals surface area (Å²) in [6, 6.07) is 7.75. The number of benzene rings is 1. The third kappa shape index (κ3) is 3.05. The highest BCUT2D eigenvalue weighted by molar-refractivity contribution is 7.99. The first-order valence-electron chi connectivity index (χ1n) is 7.44. The maximum absolute atomic E-state index is 12.7. The summed E-state index contributed by atoms with van der Waals surface area (Å²) in [5.74, 6) is 3.78. The van der Waals surface area contributed by atoms with Gasteiger partial charge in [-0.05, 0) is 24.1 Å². The molecule has 2 aromatic heterocycles. The van der Waals surface area contributed by atoms with Crippen molar-refractivity contribution in [3.05, 3.63) is 39.5 Å². The molecule has 0 amide bonds. The standard InChI is InChI=1S/C18H16N2O2S2/c1-4-9-23-18-19-16(21)15-14(13(5-2)24-17(15)20-18)11-7-6-8-12(10-11)22-3/h1,6-8,10H,5,9H2,2-3H3,(H,19,20,21). The molecule has 0 spiro atoms. The first-order valence-corrected chi connectivity index (χ1v) is 9.24. The smallest absolute Gasteiger partial charge is 0.260 e. The number of nitrogens with one attached hydrogen (secondary N) is 1. The Balaban J connectivity index is 2.23. The molecule has 6 heteroatoms. The Morgan fingerprint density at radius 2 is 2.29 bits per heavy atom. The van der Waals surface area contributed by atoms with Gasteiger partial charge in [0.25, 0.3) is 5.56 Å². The molecule has 2 heterocycles. The lowest BCUT2D eigenvalue weighted by Gasteiger charge is -2.06. The lowest BCUT2D eigenvalue weighted by atomic mass is 10.0. The van der Waals surface area contributed by atoms with Crippen molar-refractivity contribution in [3.8, 4) is 29.2 Å². The Morgan fingerprint density at radius 1 is 1.46 bits per heavy atom. The molecule has 0 fully saturated rings. The van der Waals surface area contributed by atoms with E-state index in [1.165, 1.54) is 11.8 Å². The number of H-pyrrole nitrogens is 1. The van der Waals surface area contributed by atoms with Crippen LogP contribution in [0.15, 0.2) is 34.2 Å². The number of aromatic nitrogens is 2. The lowest BCUT2D eigenvalue weighted by molar-refractivity contribution is 0.415. The number of aryl methyl sites for hydroxylation is 1. The van der Waals surface area contributed by atoms with Crippen molar-refractivity contribution in [3.63, 3.8) is 0 Å². The van der Waals surface area contributed by atoms with Crippen LogP contribution in [0.1, 0.15) is 11.8 Å². The molecule has 1 aromatic carbocycles. The summed E-state index contributed by atoms with van der Waals surface area (Å²) in [5, 5.41) is 1.20. The van der Waals surface area contributed by atoms with E-state index in [1.54, 1.807) is 18.4 Å². The number of aromatic amines is 1. The van der Waals surface area contributed by atoms with E-state index in [0.717, 1.165) is 33.0 Å². The molecule has 4 nitrogen and oxygen atoms in total. The third-order valence-corrected chi connectivity index (χ3v) is 5.59. The average molecular weight is 356 g/mol. The number of hydrogen-bond acceptors (Lipinski definition) is 5. The van der Waals surface area contributed by atoms with Crippen LogP contribution < -0.4 is 10.3 Å². The summed E-state index contributed by atoms with van der Waals surface area (Å²) in [6.07, 6.45) is 6.11. The van der Waals surface area contributed by atoms with Crippen molar-refractivity contribution in [1.29, 1.82) is 0 Å². The minimum absolute atomic E-state index is 0.131. The Hall–Kier alpha value is -2.23. The van der Waals surface area contributed by atoms with E-state index in [2.05, 4.69) is 22.8 Å². The predicted octanol–water partition coefficient (Wildman–Crippen LogP) is 3.95. The summed E-state index contributed by atoms with van der Waals surface area (Å²) in [6.45, 7) is 2.08. The predicted molar refractivity (Wildman–Crippen MR) is 101 cm³/mol. The second-order valence-corrected chi connectivity index (χ2v) is 7.08. The normalized spacial score (nSPS) is 10.7. The van der Waals surface area contributed by atoms with Crippen molar-refractivity contribution in [1.82, 2.24) is 9.97 Å². The number of thioether (sulfide) groups is 1. The maximum Gasteiger partial charge on any atom is 0.260 e. The van der Waals surface area contributed by atoms with Crippen LogP contribution >= 0.6 is 23.1 Å². The van der Waals surface area contributed by atoms with Gasteiger partial charge < -0.3 is 9.72 Å². The molecule has 0 saturated heterocycles. The molecular weight excluding hydrogens is 340 g/mol. The molecule has 3 aromatic rings. The monoisotopic (exact) mass is 356 g/mol. The summed E-state index contributed by atoms with van der Waals surface area (Å²) in [5.41, 5.74) is 1.78. The fourth-order valence-electron chi connectivity index (χ4n) is 2.55. The SMILES string of the molecule is C#CCSc1nc2sc(CC)c(-c3cccc(OC)c3)c2c(=O)[nH]1. The molecule has 0 radical (unpaired) electrons. The van der Waals surface area contributed by atoms with Crippen LogP contribution in [-0.2, 0) is 6.42 Å². The first-order chi connectivity index (χ1) is 11.7. The maximum atomic E-state index is 12.7. The zero-order valence-corrected chi connectivity index (χ0v) is 15.0. The van der Waals surface area contributed by atoms with E-state index in [0.29, 0.717) is 16.3 Å². The molecule has 0 bridgehead atoms. The third-order valence-electron chi connectivity index (χ3n) is 3.58. The Kier molecular flexibility index (Phi) is 4.93. The number of rotatable bonds is 5. The van der Waals surface area contributed by atoms with E-state index in [9.17, 15) is 4.79 Å². The lowest BCUT2D eigenvalue weighted by Crippen LogP contribution is -2.08. The molecule has 0 saturated carbocycles. The summed E-state index contributed by atoms with van der Waals surface area (Å²) in [4.78, 5) is 21.9. The number of thiophene rings is 1. The largest absolute Gasteiger partial charge is 0.497 e. The van der Waals surface area contributed by atoms with Gasteiger partial charge in [0.15, 0.2) is 5.16 Å². The van der Waals surface area contributed by atoms with Gasteiger partial charge in [-0.3, -0.25) is 4.79 Å². The van der Waals surface area contributed by atoms with Crippen LogP contribution in [0.3, 0.4) is 0 Å². The molecule has 122 valence electrons. The number of methoxy groups -OCH3 is 1. The molecular formula is C18H16N2O2S2. The molecule has 0 atom stereocenters. The van der Waals surface area contributed by atoms with Gasteiger partial charge in [0.1, 0.15) is 10.6 Å². The zero-order valence-electron chi connectivity index (χ0n) is 13.4. The van der Waals surface area contributed by atoms with E-state index in [1.807, 2.05) is 24.3 Å². The number of ether oxygens (including phenoxy) is 1. The van der Waals surface area contributed by atoms with Crippen LogP contribution in [0.4, 0.5) is 0 Å². The topological polar surface area (TPSA) is 55.0 Å². The van der Waals surface area contributed by atoms with Gasteiger partial charge in [0, 0.05) is 10.4 Å². The van der Waals surface area contributed by atoms with Crippen molar-refractivity contribution < 1.29 is 4.74 Å². The molecule has 24 heavy (non-hydrogen) atoms. The second-order valence-electron chi connectivity index (χ2n) is 5.03. The molecule has 0 unspecified atom stereocenters. The molecule has 0 aliphatic heterocycles. The Labute approximate surface area is 148 Å². The van der Waals surface area contributed by atoms with Gasteiger partial charge in [-0.2, -0.15) is 0 Å². The second kappa shape index (κ2) is 7.12. The van der Waals surface area contributed by atoms with E-state index in [4.69, 9.17) is 11.2 Å². The van der Waals surface area contributed by atoms with Crippen LogP contribution in [0, 0.1) is 12.3 Å². The van der Waals surface area contributed by atoms with E-state index in [-0.39, 0.29) is 5.56 Å². The van der Waals surface area contributed by atoms with Gasteiger partial charge in [-0.15, -0.1) is 17.8 Å². The number of hydrogen-bond donors (Lipinski definition) is 1. The van der Waals surface area contributed by atoms with Crippen molar-refractivity contribution in [2.75, 3.05) is 12.9 Å². The number of nitrogens with zero attached hydrogens (tertiary/aromatic N) is 1. The summed E-state index contributed by atoms with van der Waals surface area (Å²) < 4.78 is 5.31. The summed E-state index contributed by atoms with van der Waals surface area (Å²) in [7, 11) is 1.63. The van der Waals surface area contributed by atoms with Crippen LogP contribution in [-0.4, -0.2) is 22.8 Å². The van der Waals surface area contributed by atoms with Gasteiger partial charge in [-0.1, -0.05) is 36.7 Å². The fraction of sp³-hybridized carbons (Fsp3) is 0.222. The minimum atomic E-state index is -0.131.